The summed E-state index contributed by atoms with van der Waals surface area (Å²) in [6.45, 7) is 11.5. The Balaban J connectivity index is 1.55. The number of carbonyl (C=O) groups excluding carboxylic acids is 3. The van der Waals surface area contributed by atoms with E-state index in [4.69, 9.17) is 21.3 Å². The van der Waals surface area contributed by atoms with Crippen molar-refractivity contribution >= 4 is 40.5 Å². The number of fused-ring (bicyclic) bond motifs is 1. The molecule has 3 aromatic rings. The number of likely N-dealkylation sites (N-methyl/N-ethyl adjacent to an activating group) is 1. The Hall–Kier alpha value is -3.63. The van der Waals surface area contributed by atoms with Gasteiger partial charge < -0.3 is 30.6 Å². The van der Waals surface area contributed by atoms with E-state index in [1.54, 1.807) is 11.9 Å². The van der Waals surface area contributed by atoms with Crippen molar-refractivity contribution in [1.29, 1.82) is 0 Å². The Morgan fingerprint density at radius 2 is 1.83 bits per heavy atom. The second-order valence-electron chi connectivity index (χ2n) is 13.4. The molecule has 4 N–H and O–H groups in total. The minimum Gasteiger partial charge on any atom is -0.380 e. The molecule has 1 saturated heterocycles. The zero-order valence-electron chi connectivity index (χ0n) is 27.7. The first-order valence-electron chi connectivity index (χ1n) is 16.4. The summed E-state index contributed by atoms with van der Waals surface area (Å²) in [5, 5.41) is 9.80. The van der Waals surface area contributed by atoms with Crippen molar-refractivity contribution in [3.63, 3.8) is 0 Å². The van der Waals surface area contributed by atoms with Crippen LogP contribution in [0.4, 0.5) is 4.79 Å². The second kappa shape index (κ2) is 13.6. The van der Waals surface area contributed by atoms with Gasteiger partial charge >= 0.3 is 6.03 Å². The van der Waals surface area contributed by atoms with Crippen LogP contribution in [0.25, 0.3) is 11.0 Å². The van der Waals surface area contributed by atoms with Gasteiger partial charge in [-0.1, -0.05) is 56.6 Å². The van der Waals surface area contributed by atoms with Gasteiger partial charge in [-0.25, -0.2) is 9.78 Å². The first-order chi connectivity index (χ1) is 21.9. The third-order valence-electron chi connectivity index (χ3n) is 9.85. The maximum Gasteiger partial charge on any atom is 0.317 e. The molecule has 1 aromatic heterocycles. The molecule has 0 bridgehead atoms. The average Bonchev–Trinajstić information content (AvgIpc) is 3.41. The van der Waals surface area contributed by atoms with Crippen LogP contribution in [0.2, 0.25) is 5.02 Å². The first kappa shape index (κ1) is 33.7. The van der Waals surface area contributed by atoms with Gasteiger partial charge in [0.05, 0.1) is 29.1 Å². The van der Waals surface area contributed by atoms with E-state index in [0.717, 1.165) is 35.0 Å². The van der Waals surface area contributed by atoms with Gasteiger partial charge in [0.25, 0.3) is 0 Å². The number of nitrogens with zero attached hydrogens (tertiary/aromatic N) is 2. The Morgan fingerprint density at radius 3 is 2.43 bits per heavy atom. The van der Waals surface area contributed by atoms with Crippen LogP contribution in [0.3, 0.4) is 0 Å². The number of aromatic amines is 1. The van der Waals surface area contributed by atoms with Gasteiger partial charge in [-0.15, -0.1) is 0 Å². The number of amides is 4. The predicted octanol–water partition coefficient (Wildman–Crippen LogP) is 5.44. The minimum absolute atomic E-state index is 0.0712. The van der Waals surface area contributed by atoms with Crippen molar-refractivity contribution in [3.8, 4) is 0 Å². The molecule has 10 nitrogen and oxygen atoms in total. The van der Waals surface area contributed by atoms with Crippen molar-refractivity contribution in [3.05, 3.63) is 64.4 Å². The highest BCUT2D eigenvalue weighted by atomic mass is 35.5. The van der Waals surface area contributed by atoms with Crippen molar-refractivity contribution in [1.82, 2.24) is 30.8 Å². The number of aromatic nitrogens is 2. The number of halogens is 1. The van der Waals surface area contributed by atoms with Gasteiger partial charge in [-0.3, -0.25) is 9.59 Å². The number of nitrogens with one attached hydrogen (secondary N) is 4. The van der Waals surface area contributed by atoms with Crippen molar-refractivity contribution in [2.45, 2.75) is 77.3 Å². The molecule has 5 rings (SSSR count). The van der Waals surface area contributed by atoms with Crippen LogP contribution >= 0.6 is 11.6 Å². The van der Waals surface area contributed by atoms with E-state index in [1.807, 2.05) is 70.2 Å². The molecule has 11 heteroatoms. The Kier molecular flexibility index (Phi) is 9.98. The topological polar surface area (TPSA) is 128 Å². The maximum atomic E-state index is 14.0. The van der Waals surface area contributed by atoms with Gasteiger partial charge in [0, 0.05) is 37.7 Å². The molecule has 46 heavy (non-hydrogen) atoms. The fraction of sp³-hybridized carbons (Fsp3) is 0.543. The lowest BCUT2D eigenvalue weighted by molar-refractivity contribution is -0.133. The van der Waals surface area contributed by atoms with Crippen LogP contribution in [-0.2, 0) is 19.7 Å². The number of benzene rings is 2. The summed E-state index contributed by atoms with van der Waals surface area (Å²) in [7, 11) is 1.77. The molecule has 1 aliphatic heterocycles. The van der Waals surface area contributed by atoms with Gasteiger partial charge in [-0.2, -0.15) is 0 Å². The summed E-state index contributed by atoms with van der Waals surface area (Å²) in [5.74, 6) is -0.0285. The molecule has 2 aliphatic rings. The third kappa shape index (κ3) is 6.60. The molecule has 1 aliphatic carbocycles. The van der Waals surface area contributed by atoms with Crippen LogP contribution in [-0.4, -0.2) is 72.1 Å². The fourth-order valence-electron chi connectivity index (χ4n) is 6.56. The molecule has 2 aromatic carbocycles. The van der Waals surface area contributed by atoms with Crippen molar-refractivity contribution in [2.75, 3.05) is 33.4 Å². The maximum absolute atomic E-state index is 14.0. The molecular formula is C35H47ClN6O4. The Morgan fingerprint density at radius 1 is 1.09 bits per heavy atom. The average molecular weight is 651 g/mol. The van der Waals surface area contributed by atoms with E-state index in [1.165, 1.54) is 0 Å². The molecular weight excluding hydrogens is 604 g/mol. The number of H-pyrrole nitrogens is 1. The summed E-state index contributed by atoms with van der Waals surface area (Å²) in [6, 6.07) is 12.3. The van der Waals surface area contributed by atoms with E-state index >= 15 is 0 Å². The second-order valence-corrected chi connectivity index (χ2v) is 13.8. The van der Waals surface area contributed by atoms with E-state index in [2.05, 4.69) is 27.9 Å². The molecule has 1 saturated carbocycles. The lowest BCUT2D eigenvalue weighted by Crippen LogP contribution is -2.55. The number of ether oxygens (including phenoxy) is 1. The minimum atomic E-state index is -0.960. The molecule has 248 valence electrons. The van der Waals surface area contributed by atoms with Crippen LogP contribution in [0, 0.1) is 11.3 Å². The summed E-state index contributed by atoms with van der Waals surface area (Å²) in [4.78, 5) is 50.3. The highest BCUT2D eigenvalue weighted by Gasteiger charge is 2.51. The van der Waals surface area contributed by atoms with Gasteiger partial charge in [0.15, 0.2) is 0 Å². The molecule has 4 amide bonds. The zero-order chi connectivity index (χ0) is 33.2. The first-order valence-corrected chi connectivity index (χ1v) is 16.7. The Bertz CT molecular complexity index is 1580. The Labute approximate surface area is 276 Å². The van der Waals surface area contributed by atoms with Crippen LogP contribution in [0.1, 0.15) is 82.8 Å². The van der Waals surface area contributed by atoms with Gasteiger partial charge in [-0.05, 0) is 73.8 Å². The number of rotatable bonds is 12. The lowest BCUT2D eigenvalue weighted by Gasteiger charge is -2.33. The van der Waals surface area contributed by atoms with E-state index in [0.29, 0.717) is 37.0 Å². The molecule has 0 radical (unpaired) electrons. The molecule has 4 atom stereocenters. The van der Waals surface area contributed by atoms with E-state index < -0.39 is 17.5 Å². The SMILES string of the molecule is CCNC(=O)[C@H](NC(=O)C1(c2ccc3nc([C@@H](NC(=O)N(C)CC)[C@H](c4ccccc4Cl)C4(C)CC4)[nH]c3c2)CCOC1)C(C)C. The van der Waals surface area contributed by atoms with E-state index in [-0.39, 0.29) is 41.7 Å². The van der Waals surface area contributed by atoms with Crippen LogP contribution < -0.4 is 16.0 Å². The largest absolute Gasteiger partial charge is 0.380 e. The summed E-state index contributed by atoms with van der Waals surface area (Å²) >= 11 is 6.79. The van der Waals surface area contributed by atoms with Gasteiger partial charge in [0.1, 0.15) is 11.9 Å². The number of hydrogen-bond acceptors (Lipinski definition) is 5. The van der Waals surface area contributed by atoms with Crippen LogP contribution in [0.15, 0.2) is 42.5 Å². The molecule has 2 fully saturated rings. The quantitative estimate of drug-likeness (QED) is 0.208. The smallest absolute Gasteiger partial charge is 0.317 e. The standard InChI is InChI=1S/C35H47ClN6O4/c1-7-37-31(43)28(21(3)4)40-32(44)35(17-18-46-20-35)22-13-14-25-26(19-22)39-30(38-25)29(41-33(45)42(6)8-2)27(34(5)15-16-34)23-11-9-10-12-24(23)36/h9-14,19,21,27-29H,7-8,15-18,20H2,1-6H3,(H,37,43)(H,38,39)(H,40,44)(H,41,45)/t27-,28+,29-,35?/m0/s1. The van der Waals surface area contributed by atoms with Gasteiger partial charge in [0.2, 0.25) is 11.8 Å². The summed E-state index contributed by atoms with van der Waals surface area (Å²) in [5.41, 5.74) is 2.19. The monoisotopic (exact) mass is 650 g/mol. The van der Waals surface area contributed by atoms with E-state index in [9.17, 15) is 14.4 Å². The van der Waals surface area contributed by atoms with Crippen molar-refractivity contribution in [2.24, 2.45) is 11.3 Å². The summed E-state index contributed by atoms with van der Waals surface area (Å²) < 4.78 is 5.80. The molecule has 2 heterocycles. The molecule has 1 unspecified atom stereocenters. The highest BCUT2D eigenvalue weighted by Crippen LogP contribution is 2.60. The van der Waals surface area contributed by atoms with Crippen LogP contribution in [0.5, 0.6) is 0 Å². The predicted molar refractivity (Wildman–Crippen MR) is 180 cm³/mol. The normalized spacial score (nSPS) is 20.6. The number of urea groups is 1. The number of hydrogen-bond donors (Lipinski definition) is 4. The third-order valence-corrected chi connectivity index (χ3v) is 10.2. The highest BCUT2D eigenvalue weighted by molar-refractivity contribution is 6.31. The summed E-state index contributed by atoms with van der Waals surface area (Å²) in [6.07, 6.45) is 2.50. The lowest BCUT2D eigenvalue weighted by atomic mass is 9.78. The molecule has 0 spiro atoms. The number of carbonyl (C=O) groups is 3. The zero-order valence-corrected chi connectivity index (χ0v) is 28.5. The number of imidazole rings is 1. The fourth-order valence-corrected chi connectivity index (χ4v) is 6.82. The van der Waals surface area contributed by atoms with Crippen molar-refractivity contribution < 1.29 is 19.1 Å².